The standard InChI is InChI=1S/C26H31N7O3.ClH.4H3N.4H2/c34-21-12-8-11-20(22(21)35)23(36)27-18-9-7-10-19(17-18)28-24-29-25(32-13-3-1-4-14-32)31-26(30-24)33-15-5-2-6-16-33;;;;;;;;;/h7-12,17,34-35H,1-6,13-16H2,(H,27,36)(H,28,29,30,31);1H;4*1H3;4*1H. The largest absolute Gasteiger partial charge is 0.504 e. The monoisotopic (exact) mass is 601 g/mol. The van der Waals surface area contributed by atoms with E-state index in [2.05, 4.69) is 20.4 Å². The molecule has 0 aliphatic carbocycles. The van der Waals surface area contributed by atoms with Crippen molar-refractivity contribution in [1.82, 2.24) is 39.6 Å². The highest BCUT2D eigenvalue weighted by Crippen LogP contribution is 2.29. The van der Waals surface area contributed by atoms with Crippen molar-refractivity contribution in [2.45, 2.75) is 38.5 Å². The van der Waals surface area contributed by atoms with Crippen LogP contribution in [0.25, 0.3) is 0 Å². The number of rotatable bonds is 6. The minimum atomic E-state index is -0.527. The summed E-state index contributed by atoms with van der Waals surface area (Å²) in [7, 11) is 0. The molecule has 0 spiro atoms. The van der Waals surface area contributed by atoms with Crippen LogP contribution in [0.2, 0.25) is 0 Å². The van der Waals surface area contributed by atoms with Crippen molar-refractivity contribution >= 4 is 47.5 Å². The summed E-state index contributed by atoms with van der Waals surface area (Å²) in [4.78, 5) is 31.4. The smallest absolute Gasteiger partial charge is 0.259 e. The molecule has 0 radical (unpaired) electrons. The fraction of sp³-hybridized carbons (Fsp3) is 0.385. The lowest BCUT2D eigenvalue weighted by atomic mass is 10.1. The van der Waals surface area contributed by atoms with E-state index in [0.717, 1.165) is 51.9 Å². The lowest BCUT2D eigenvalue weighted by Crippen LogP contribution is -2.34. The maximum absolute atomic E-state index is 12.6. The number of phenols is 2. The number of hydrogen-bond acceptors (Lipinski definition) is 13. The van der Waals surface area contributed by atoms with Gasteiger partial charge in [0.05, 0.1) is 5.56 Å². The second-order valence-corrected chi connectivity index (χ2v) is 9.19. The molecule has 16 N–H and O–H groups in total. The third-order valence-electron chi connectivity index (χ3n) is 6.53. The van der Waals surface area contributed by atoms with E-state index in [9.17, 15) is 15.0 Å². The molecule has 3 heterocycles. The maximum atomic E-state index is 12.6. The number of phenolic OH excluding ortho intramolecular Hbond substituents is 2. The number of hydrogen-bond donors (Lipinski definition) is 8. The molecule has 5 rings (SSSR count). The van der Waals surface area contributed by atoms with Crippen LogP contribution in [-0.4, -0.2) is 57.3 Å². The second kappa shape index (κ2) is 17.0. The summed E-state index contributed by atoms with van der Waals surface area (Å²) in [5.74, 6) is 0.515. The Morgan fingerprint density at radius 3 is 1.80 bits per heavy atom. The number of anilines is 5. The Morgan fingerprint density at radius 1 is 0.732 bits per heavy atom. The van der Waals surface area contributed by atoms with Gasteiger partial charge in [0, 0.05) is 43.3 Å². The summed E-state index contributed by atoms with van der Waals surface area (Å²) >= 11 is 0. The van der Waals surface area contributed by atoms with Gasteiger partial charge < -0.3 is 55.2 Å². The van der Waals surface area contributed by atoms with Gasteiger partial charge in [-0.2, -0.15) is 15.0 Å². The van der Waals surface area contributed by atoms with Crippen molar-refractivity contribution in [2.24, 2.45) is 0 Å². The third-order valence-corrected chi connectivity index (χ3v) is 6.53. The molecule has 1 aromatic heterocycles. The first-order valence-electron chi connectivity index (χ1n) is 12.5. The predicted molar refractivity (Wildman–Crippen MR) is 175 cm³/mol. The lowest BCUT2D eigenvalue weighted by molar-refractivity contribution is 0.102. The van der Waals surface area contributed by atoms with E-state index in [0.29, 0.717) is 29.2 Å². The average Bonchev–Trinajstić information content (AvgIpc) is 2.91. The molecule has 0 bridgehead atoms. The Labute approximate surface area is 252 Å². The summed E-state index contributed by atoms with van der Waals surface area (Å²) in [6.45, 7) is 3.75. The average molecular weight is 602 g/mol. The number of para-hydroxylation sites is 1. The maximum Gasteiger partial charge on any atom is 0.259 e. The van der Waals surface area contributed by atoms with Crippen LogP contribution in [0, 0.1) is 0 Å². The van der Waals surface area contributed by atoms with Crippen molar-refractivity contribution in [2.75, 3.05) is 46.6 Å². The van der Waals surface area contributed by atoms with Crippen LogP contribution < -0.4 is 45.0 Å². The Hall–Kier alpha value is -3.95. The third kappa shape index (κ3) is 9.03. The van der Waals surface area contributed by atoms with Crippen molar-refractivity contribution in [3.8, 4) is 11.5 Å². The van der Waals surface area contributed by atoms with Gasteiger partial charge in [-0.3, -0.25) is 4.79 Å². The first-order valence-corrected chi connectivity index (χ1v) is 12.5. The van der Waals surface area contributed by atoms with E-state index in [1.807, 2.05) is 6.07 Å². The summed E-state index contributed by atoms with van der Waals surface area (Å²) in [6, 6.07) is 11.5. The first kappa shape index (κ1) is 37.0. The number of aromatic hydroxyl groups is 2. The Morgan fingerprint density at radius 2 is 1.24 bits per heavy atom. The van der Waals surface area contributed by atoms with E-state index in [-0.39, 0.29) is 54.0 Å². The van der Waals surface area contributed by atoms with Gasteiger partial charge in [0.1, 0.15) is 0 Å². The molecule has 2 fully saturated rings. The highest BCUT2D eigenvalue weighted by Gasteiger charge is 2.21. The molecule has 15 heteroatoms. The molecule has 2 aliphatic rings. The number of halogens is 1. The predicted octanol–water partition coefficient (Wildman–Crippen LogP) is 6.31. The van der Waals surface area contributed by atoms with Crippen LogP contribution in [0.15, 0.2) is 42.5 Å². The van der Waals surface area contributed by atoms with Gasteiger partial charge in [-0.1, -0.05) is 12.1 Å². The van der Waals surface area contributed by atoms with E-state index in [1.165, 1.54) is 31.0 Å². The molecule has 3 aromatic rings. The molecule has 236 valence electrons. The zero-order chi connectivity index (χ0) is 24.9. The Kier molecular flexibility index (Phi) is 15.4. The summed E-state index contributed by atoms with van der Waals surface area (Å²) in [6.07, 6.45) is 6.97. The van der Waals surface area contributed by atoms with E-state index >= 15 is 0 Å². The highest BCUT2D eigenvalue weighted by atomic mass is 35.5. The van der Waals surface area contributed by atoms with Gasteiger partial charge in [0.15, 0.2) is 11.5 Å². The number of carbonyl (C=O) groups is 1. The normalized spacial score (nSPS) is 14.0. The summed E-state index contributed by atoms with van der Waals surface area (Å²) in [5, 5.41) is 25.7. The fourth-order valence-electron chi connectivity index (χ4n) is 4.60. The first-order chi connectivity index (χ1) is 17.6. The van der Waals surface area contributed by atoms with Crippen molar-refractivity contribution in [1.29, 1.82) is 0 Å². The van der Waals surface area contributed by atoms with Crippen LogP contribution in [-0.2, 0) is 0 Å². The van der Waals surface area contributed by atoms with Gasteiger partial charge >= 0.3 is 0 Å². The van der Waals surface area contributed by atoms with Gasteiger partial charge in [-0.15, -0.1) is 12.4 Å². The van der Waals surface area contributed by atoms with Gasteiger partial charge in [-0.25, -0.2) is 0 Å². The molecule has 2 aliphatic heterocycles. The molecule has 2 saturated heterocycles. The van der Waals surface area contributed by atoms with Crippen molar-refractivity contribution < 1.29 is 20.7 Å². The zero-order valence-corrected chi connectivity index (χ0v) is 24.2. The molecule has 1 amide bonds. The van der Waals surface area contributed by atoms with E-state index < -0.39 is 11.7 Å². The summed E-state index contributed by atoms with van der Waals surface area (Å²) < 4.78 is 0. The summed E-state index contributed by atoms with van der Waals surface area (Å²) in [5.41, 5.74) is 1.21. The molecular weight excluding hydrogens is 550 g/mol. The number of benzene rings is 2. The molecule has 0 atom stereocenters. The molecule has 0 saturated carbocycles. The SMILES string of the molecule is Cl.N.N.N.N.O=C(Nc1cccc(Nc2nc(N3CCCCC3)nc(N3CCCCC3)n2)c1)c1cccc(O)c1O.[HH].[HH].[HH].[HH]. The molecular formula is C26H52ClN11O3. The number of piperidine rings is 2. The van der Waals surface area contributed by atoms with E-state index in [1.54, 1.807) is 18.2 Å². The quantitative estimate of drug-likeness (QED) is 0.144. The minimum Gasteiger partial charge on any atom is -0.504 e. The fourth-order valence-corrected chi connectivity index (χ4v) is 4.60. The molecule has 0 unspecified atom stereocenters. The second-order valence-electron chi connectivity index (χ2n) is 9.19. The van der Waals surface area contributed by atoms with Crippen LogP contribution in [0.1, 0.15) is 54.6 Å². The number of nitrogens with one attached hydrogen (secondary N) is 2. The number of nitrogens with zero attached hydrogens (tertiary/aromatic N) is 5. The van der Waals surface area contributed by atoms with Crippen molar-refractivity contribution in [3.63, 3.8) is 0 Å². The van der Waals surface area contributed by atoms with Crippen LogP contribution in [0.5, 0.6) is 11.5 Å². The lowest BCUT2D eigenvalue weighted by Gasteiger charge is -2.30. The number of aromatic nitrogens is 3. The van der Waals surface area contributed by atoms with Gasteiger partial charge in [-0.05, 0) is 68.9 Å². The topological polar surface area (TPSA) is 267 Å². The molecule has 14 nitrogen and oxygen atoms in total. The Balaban J connectivity index is -0.000000593. The van der Waals surface area contributed by atoms with Crippen LogP contribution in [0.3, 0.4) is 0 Å². The van der Waals surface area contributed by atoms with Crippen LogP contribution in [0.4, 0.5) is 29.2 Å². The van der Waals surface area contributed by atoms with Crippen molar-refractivity contribution in [3.05, 3.63) is 48.0 Å². The van der Waals surface area contributed by atoms with Crippen LogP contribution >= 0.6 is 12.4 Å². The Bertz CT molecular complexity index is 1220. The molecule has 41 heavy (non-hydrogen) atoms. The van der Waals surface area contributed by atoms with Gasteiger partial charge in [0.2, 0.25) is 17.8 Å². The van der Waals surface area contributed by atoms with E-state index in [4.69, 9.17) is 15.0 Å². The van der Waals surface area contributed by atoms with Gasteiger partial charge in [0.25, 0.3) is 5.91 Å². The number of amides is 1. The highest BCUT2D eigenvalue weighted by molar-refractivity contribution is 6.06. The number of carbonyl (C=O) groups excluding carboxylic acids is 1. The zero-order valence-electron chi connectivity index (χ0n) is 23.4. The molecule has 2 aromatic carbocycles. The minimum absolute atomic E-state index is 0.